The van der Waals surface area contributed by atoms with Gasteiger partial charge in [0, 0.05) is 6.61 Å². The molecule has 0 N–H and O–H groups in total. The van der Waals surface area contributed by atoms with Crippen LogP contribution in [0.1, 0.15) is 27.2 Å². The van der Waals surface area contributed by atoms with E-state index in [9.17, 15) is 0 Å². The minimum Gasteiger partial charge on any atom is -0.499 e. The van der Waals surface area contributed by atoms with Crippen molar-refractivity contribution in [2.45, 2.75) is 27.2 Å². The maximum atomic E-state index is 5.20. The molecule has 0 rings (SSSR count). The summed E-state index contributed by atoms with van der Waals surface area (Å²) in [4.78, 5) is 0. The Morgan fingerprint density at radius 3 is 2.55 bits per heavy atom. The lowest BCUT2D eigenvalue weighted by Crippen LogP contribution is -2.00. The van der Waals surface area contributed by atoms with Crippen molar-refractivity contribution in [1.82, 2.24) is 0 Å². The molecule has 0 saturated carbocycles. The molecular formula is C9H18O2. The van der Waals surface area contributed by atoms with E-state index in [4.69, 9.17) is 9.47 Å². The molecule has 0 radical (unpaired) electrons. The Hall–Kier alpha value is -0.500. The zero-order valence-corrected chi connectivity index (χ0v) is 7.72. The highest BCUT2D eigenvalue weighted by atomic mass is 16.5. The van der Waals surface area contributed by atoms with Gasteiger partial charge in [-0.05, 0) is 25.8 Å². The summed E-state index contributed by atoms with van der Waals surface area (Å²) in [6.45, 7) is 8.25. The third-order valence-corrected chi connectivity index (χ3v) is 1.39. The zero-order chi connectivity index (χ0) is 8.53. The van der Waals surface area contributed by atoms with Crippen LogP contribution in [-0.4, -0.2) is 19.8 Å². The van der Waals surface area contributed by atoms with E-state index in [1.54, 1.807) is 6.26 Å². The van der Waals surface area contributed by atoms with E-state index in [1.165, 1.54) is 5.57 Å². The lowest BCUT2D eigenvalue weighted by atomic mass is 10.3. The van der Waals surface area contributed by atoms with Gasteiger partial charge < -0.3 is 9.47 Å². The van der Waals surface area contributed by atoms with Crippen molar-refractivity contribution in [3.05, 3.63) is 11.8 Å². The molecule has 0 unspecified atom stereocenters. The van der Waals surface area contributed by atoms with E-state index >= 15 is 0 Å². The van der Waals surface area contributed by atoms with Crippen molar-refractivity contribution in [2.24, 2.45) is 0 Å². The highest BCUT2D eigenvalue weighted by Gasteiger charge is 1.85. The third kappa shape index (κ3) is 7.40. The summed E-state index contributed by atoms with van der Waals surface area (Å²) in [5, 5.41) is 0. The largest absolute Gasteiger partial charge is 0.499 e. The second-order valence-electron chi connectivity index (χ2n) is 2.39. The van der Waals surface area contributed by atoms with E-state index in [0.717, 1.165) is 13.0 Å². The number of hydrogen-bond acceptors (Lipinski definition) is 2. The van der Waals surface area contributed by atoms with Gasteiger partial charge in [-0.15, -0.1) is 0 Å². The van der Waals surface area contributed by atoms with Gasteiger partial charge in [0.25, 0.3) is 0 Å². The highest BCUT2D eigenvalue weighted by Crippen LogP contribution is 1.97. The molecule has 0 aliphatic carbocycles. The SMILES string of the molecule is CCOCCOC=C(C)CC. The van der Waals surface area contributed by atoms with Crippen LogP contribution >= 0.6 is 0 Å². The monoisotopic (exact) mass is 158 g/mol. The topological polar surface area (TPSA) is 18.5 Å². The van der Waals surface area contributed by atoms with E-state index < -0.39 is 0 Å². The van der Waals surface area contributed by atoms with Crippen molar-refractivity contribution in [3.8, 4) is 0 Å². The predicted octanol–water partition coefficient (Wildman–Crippen LogP) is 2.35. The molecule has 0 aromatic heterocycles. The molecule has 11 heavy (non-hydrogen) atoms. The molecule has 0 aromatic carbocycles. The Kier molecular flexibility index (Phi) is 7.26. The van der Waals surface area contributed by atoms with E-state index in [0.29, 0.717) is 13.2 Å². The van der Waals surface area contributed by atoms with Gasteiger partial charge >= 0.3 is 0 Å². The normalized spacial score (nSPS) is 11.7. The van der Waals surface area contributed by atoms with Crippen LogP contribution in [0, 0.1) is 0 Å². The van der Waals surface area contributed by atoms with Crippen molar-refractivity contribution < 1.29 is 9.47 Å². The first-order chi connectivity index (χ1) is 5.31. The van der Waals surface area contributed by atoms with Gasteiger partial charge in [0.05, 0.1) is 12.9 Å². The van der Waals surface area contributed by atoms with E-state index in [1.807, 2.05) is 6.92 Å². The van der Waals surface area contributed by atoms with Crippen LogP contribution in [0.15, 0.2) is 11.8 Å². The van der Waals surface area contributed by atoms with Crippen LogP contribution in [0.3, 0.4) is 0 Å². The molecule has 66 valence electrons. The zero-order valence-electron chi connectivity index (χ0n) is 7.72. The molecule has 0 amide bonds. The molecule has 0 aliphatic rings. The lowest BCUT2D eigenvalue weighted by Gasteiger charge is -2.01. The number of hydrogen-bond donors (Lipinski definition) is 0. The Morgan fingerprint density at radius 2 is 2.00 bits per heavy atom. The summed E-state index contributed by atoms with van der Waals surface area (Å²) >= 11 is 0. The third-order valence-electron chi connectivity index (χ3n) is 1.39. The van der Waals surface area contributed by atoms with Crippen molar-refractivity contribution in [3.63, 3.8) is 0 Å². The molecule has 0 heterocycles. The summed E-state index contributed by atoms with van der Waals surface area (Å²) in [6, 6.07) is 0. The van der Waals surface area contributed by atoms with Gasteiger partial charge in [-0.1, -0.05) is 6.92 Å². The van der Waals surface area contributed by atoms with Gasteiger partial charge in [0.2, 0.25) is 0 Å². The molecule has 2 heteroatoms. The highest BCUT2D eigenvalue weighted by molar-refractivity contribution is 4.90. The van der Waals surface area contributed by atoms with Crippen LogP contribution in [0.4, 0.5) is 0 Å². The molecule has 0 bridgehead atoms. The summed E-state index contributed by atoms with van der Waals surface area (Å²) in [5.74, 6) is 0. The average molecular weight is 158 g/mol. The summed E-state index contributed by atoms with van der Waals surface area (Å²) in [6.07, 6.45) is 2.85. The van der Waals surface area contributed by atoms with Crippen LogP contribution in [0.5, 0.6) is 0 Å². The maximum absolute atomic E-state index is 5.20. The minimum absolute atomic E-state index is 0.658. The fourth-order valence-corrected chi connectivity index (χ4v) is 0.536. The fourth-order valence-electron chi connectivity index (χ4n) is 0.536. The van der Waals surface area contributed by atoms with Crippen LogP contribution in [-0.2, 0) is 9.47 Å². The molecule has 0 spiro atoms. The summed E-state index contributed by atoms with van der Waals surface area (Å²) in [7, 11) is 0. The first-order valence-electron chi connectivity index (χ1n) is 4.16. The van der Waals surface area contributed by atoms with Crippen molar-refractivity contribution in [2.75, 3.05) is 19.8 Å². The average Bonchev–Trinajstić information content (AvgIpc) is 2.04. The summed E-state index contributed by atoms with van der Waals surface area (Å²) < 4.78 is 10.3. The maximum Gasteiger partial charge on any atom is 0.111 e. The van der Waals surface area contributed by atoms with Gasteiger partial charge in [0.1, 0.15) is 6.61 Å². The first-order valence-corrected chi connectivity index (χ1v) is 4.16. The van der Waals surface area contributed by atoms with Gasteiger partial charge in [-0.25, -0.2) is 0 Å². The number of rotatable bonds is 6. The lowest BCUT2D eigenvalue weighted by molar-refractivity contribution is 0.0925. The molecule has 0 aliphatic heterocycles. The van der Waals surface area contributed by atoms with Crippen molar-refractivity contribution in [1.29, 1.82) is 0 Å². The predicted molar refractivity (Wildman–Crippen MR) is 46.5 cm³/mol. The van der Waals surface area contributed by atoms with Gasteiger partial charge in [-0.3, -0.25) is 0 Å². The van der Waals surface area contributed by atoms with Crippen LogP contribution in [0.2, 0.25) is 0 Å². The standard InChI is InChI=1S/C9H18O2/c1-4-9(3)8-11-7-6-10-5-2/h8H,4-7H2,1-3H3. The molecule has 0 fully saturated rings. The smallest absolute Gasteiger partial charge is 0.111 e. The minimum atomic E-state index is 0.658. The number of allylic oxidation sites excluding steroid dienone is 1. The second kappa shape index (κ2) is 7.61. The van der Waals surface area contributed by atoms with Gasteiger partial charge in [0.15, 0.2) is 0 Å². The van der Waals surface area contributed by atoms with Crippen LogP contribution in [0.25, 0.3) is 0 Å². The van der Waals surface area contributed by atoms with Crippen LogP contribution < -0.4 is 0 Å². The Labute approximate surface area is 69.2 Å². The second-order valence-corrected chi connectivity index (χ2v) is 2.39. The molecule has 0 atom stereocenters. The Morgan fingerprint density at radius 1 is 1.27 bits per heavy atom. The molecule has 0 aromatic rings. The molecular weight excluding hydrogens is 140 g/mol. The summed E-state index contributed by atoms with van der Waals surface area (Å²) in [5.41, 5.74) is 1.27. The van der Waals surface area contributed by atoms with E-state index in [-0.39, 0.29) is 0 Å². The van der Waals surface area contributed by atoms with E-state index in [2.05, 4.69) is 13.8 Å². The molecule has 0 saturated heterocycles. The molecule has 2 nitrogen and oxygen atoms in total. The Bertz CT molecular complexity index is 108. The van der Waals surface area contributed by atoms with Crippen molar-refractivity contribution >= 4 is 0 Å². The first kappa shape index (κ1) is 10.5. The van der Waals surface area contributed by atoms with Gasteiger partial charge in [-0.2, -0.15) is 0 Å². The number of ether oxygens (including phenoxy) is 2. The quantitative estimate of drug-likeness (QED) is 0.436. The fraction of sp³-hybridized carbons (Fsp3) is 0.778. The Balaban J connectivity index is 3.12.